The minimum atomic E-state index is -4.17. The van der Waals surface area contributed by atoms with Gasteiger partial charge in [-0.3, -0.25) is 4.55 Å². The van der Waals surface area contributed by atoms with Crippen LogP contribution in [0.25, 0.3) is 0 Å². The van der Waals surface area contributed by atoms with Gasteiger partial charge in [-0.1, -0.05) is 0 Å². The Hall–Kier alpha value is -0.170. The molecule has 2 N–H and O–H groups in total. The lowest BCUT2D eigenvalue weighted by Gasteiger charge is -1.88. The first kappa shape index (κ1) is 12.5. The van der Waals surface area contributed by atoms with Gasteiger partial charge in [0.05, 0.1) is 6.61 Å². The Morgan fingerprint density at radius 2 is 1.70 bits per heavy atom. The van der Waals surface area contributed by atoms with Gasteiger partial charge in [0.15, 0.2) is 0 Å². The summed E-state index contributed by atoms with van der Waals surface area (Å²) < 4.78 is 30.7. The lowest BCUT2D eigenvalue weighted by atomic mass is 10.9. The first-order valence-electron chi connectivity index (χ1n) is 2.70. The molecule has 6 heteroatoms. The maximum Gasteiger partial charge on any atom is 0.397 e. The van der Waals surface area contributed by atoms with Crippen LogP contribution in [0.15, 0.2) is 0 Å². The van der Waals surface area contributed by atoms with Crippen molar-refractivity contribution in [3.8, 4) is 0 Å². The Kier molecular flexibility index (Phi) is 8.68. The fourth-order valence-electron chi connectivity index (χ4n) is 0.149. The van der Waals surface area contributed by atoms with Gasteiger partial charge >= 0.3 is 10.4 Å². The highest BCUT2D eigenvalue weighted by atomic mass is 32.3. The van der Waals surface area contributed by atoms with Crippen LogP contribution in [0.3, 0.4) is 0 Å². The molecule has 0 bridgehead atoms. The number of hydrogen-bond donors (Lipinski definition) is 2. The molecule has 64 valence electrons. The number of rotatable bonds is 2. The third-order valence-corrected chi connectivity index (χ3v) is 0.800. The molecule has 0 fully saturated rings. The highest BCUT2D eigenvalue weighted by molar-refractivity contribution is 7.80. The van der Waals surface area contributed by atoms with Gasteiger partial charge in [0.1, 0.15) is 0 Å². The highest BCUT2D eigenvalue weighted by Crippen LogP contribution is 1.81. The second-order valence-corrected chi connectivity index (χ2v) is 2.24. The van der Waals surface area contributed by atoms with E-state index in [1.165, 1.54) is 6.92 Å². The molecular weight excluding hydrogens is 160 g/mol. The molecule has 0 atom stereocenters. The van der Waals surface area contributed by atoms with E-state index >= 15 is 0 Å². The summed E-state index contributed by atoms with van der Waals surface area (Å²) >= 11 is 0. The van der Waals surface area contributed by atoms with Crippen molar-refractivity contribution in [1.29, 1.82) is 0 Å². The Labute approximate surface area is 60.6 Å². The monoisotopic (exact) mass is 172 g/mol. The second kappa shape index (κ2) is 6.94. The van der Waals surface area contributed by atoms with Crippen molar-refractivity contribution in [2.75, 3.05) is 13.2 Å². The molecule has 0 aromatic carbocycles. The fourth-order valence-corrected chi connectivity index (χ4v) is 0.447. The summed E-state index contributed by atoms with van der Waals surface area (Å²) in [7, 11) is -4.17. The van der Waals surface area contributed by atoms with Crippen LogP contribution in [0.2, 0.25) is 0 Å². The van der Waals surface area contributed by atoms with E-state index in [2.05, 4.69) is 4.18 Å². The first-order valence-corrected chi connectivity index (χ1v) is 4.07. The predicted octanol–water partition coefficient (Wildman–Crippen LogP) is -0.176. The van der Waals surface area contributed by atoms with Crippen molar-refractivity contribution in [2.45, 2.75) is 13.8 Å². The number of aliphatic hydroxyl groups is 1. The fraction of sp³-hybridized carbons (Fsp3) is 1.00. The maximum atomic E-state index is 9.56. The summed E-state index contributed by atoms with van der Waals surface area (Å²) in [5.41, 5.74) is 0. The van der Waals surface area contributed by atoms with E-state index in [1.807, 2.05) is 0 Å². The van der Waals surface area contributed by atoms with E-state index in [1.54, 1.807) is 6.92 Å². The van der Waals surface area contributed by atoms with Crippen molar-refractivity contribution < 1.29 is 22.3 Å². The molecular formula is C4H12O5S. The summed E-state index contributed by atoms with van der Waals surface area (Å²) in [4.78, 5) is 0. The Morgan fingerprint density at radius 1 is 1.40 bits per heavy atom. The maximum absolute atomic E-state index is 9.56. The molecule has 0 aliphatic carbocycles. The molecule has 0 saturated carbocycles. The van der Waals surface area contributed by atoms with Crippen LogP contribution >= 0.6 is 0 Å². The van der Waals surface area contributed by atoms with Gasteiger partial charge < -0.3 is 5.11 Å². The van der Waals surface area contributed by atoms with Crippen LogP contribution < -0.4 is 0 Å². The molecule has 0 aliphatic rings. The smallest absolute Gasteiger partial charge is 0.397 e. The molecule has 0 unspecified atom stereocenters. The number of aliphatic hydroxyl groups excluding tert-OH is 1. The van der Waals surface area contributed by atoms with E-state index in [0.717, 1.165) is 0 Å². The number of hydrogen-bond acceptors (Lipinski definition) is 4. The molecule has 0 aliphatic heterocycles. The Balaban J connectivity index is 0. The third kappa shape index (κ3) is 24.9. The summed E-state index contributed by atoms with van der Waals surface area (Å²) in [5.74, 6) is 0. The Bertz CT molecular complexity index is 138. The molecule has 0 rings (SSSR count). The third-order valence-electron chi connectivity index (χ3n) is 0.267. The van der Waals surface area contributed by atoms with Gasteiger partial charge in [-0.15, -0.1) is 0 Å². The van der Waals surface area contributed by atoms with Crippen LogP contribution in [0.5, 0.6) is 0 Å². The van der Waals surface area contributed by atoms with Crippen molar-refractivity contribution >= 4 is 10.4 Å². The average Bonchev–Trinajstić information content (AvgIpc) is 1.63. The lowest BCUT2D eigenvalue weighted by molar-refractivity contribution is 0.283. The van der Waals surface area contributed by atoms with Gasteiger partial charge in [-0.25, -0.2) is 4.18 Å². The zero-order chi connectivity index (χ0) is 8.62. The van der Waals surface area contributed by atoms with Crippen LogP contribution in [-0.4, -0.2) is 31.3 Å². The average molecular weight is 172 g/mol. The summed E-state index contributed by atoms with van der Waals surface area (Å²) in [6.45, 7) is 3.37. The minimum absolute atomic E-state index is 0.0289. The van der Waals surface area contributed by atoms with Gasteiger partial charge in [-0.2, -0.15) is 8.42 Å². The van der Waals surface area contributed by atoms with E-state index in [4.69, 9.17) is 9.66 Å². The second-order valence-electron chi connectivity index (χ2n) is 1.15. The molecule has 0 spiro atoms. The van der Waals surface area contributed by atoms with Gasteiger partial charge in [0, 0.05) is 6.61 Å². The molecule has 0 amide bonds. The van der Waals surface area contributed by atoms with Crippen LogP contribution in [0, 0.1) is 0 Å². The molecule has 0 saturated heterocycles. The normalized spacial score (nSPS) is 10.0. The minimum Gasteiger partial charge on any atom is -0.397 e. The van der Waals surface area contributed by atoms with Gasteiger partial charge in [0.2, 0.25) is 0 Å². The van der Waals surface area contributed by atoms with Crippen LogP contribution in [0.1, 0.15) is 13.8 Å². The lowest BCUT2D eigenvalue weighted by Crippen LogP contribution is -2.01. The quantitative estimate of drug-likeness (QED) is 0.565. The van der Waals surface area contributed by atoms with E-state index < -0.39 is 10.4 Å². The Morgan fingerprint density at radius 3 is 1.70 bits per heavy atom. The topological polar surface area (TPSA) is 83.8 Å². The van der Waals surface area contributed by atoms with Crippen LogP contribution in [-0.2, 0) is 14.6 Å². The molecule has 0 radical (unpaired) electrons. The highest BCUT2D eigenvalue weighted by Gasteiger charge is 1.98. The molecule has 10 heavy (non-hydrogen) atoms. The zero-order valence-electron chi connectivity index (χ0n) is 5.94. The predicted molar refractivity (Wildman–Crippen MR) is 35.9 cm³/mol. The van der Waals surface area contributed by atoms with E-state index in [-0.39, 0.29) is 13.2 Å². The summed E-state index contributed by atoms with van der Waals surface area (Å²) in [6, 6.07) is 0. The van der Waals surface area contributed by atoms with Crippen LogP contribution in [0.4, 0.5) is 0 Å². The van der Waals surface area contributed by atoms with Gasteiger partial charge in [-0.05, 0) is 13.8 Å². The first-order chi connectivity index (χ1) is 4.47. The zero-order valence-corrected chi connectivity index (χ0v) is 6.76. The van der Waals surface area contributed by atoms with Gasteiger partial charge in [0.25, 0.3) is 0 Å². The standard InChI is InChI=1S/C2H6O4S.C2H6O/c1-2-6-7(3,4)5;1-2-3/h2H2,1H3,(H,3,4,5);3H,2H2,1H3. The molecule has 0 aromatic rings. The van der Waals surface area contributed by atoms with Crippen molar-refractivity contribution in [3.05, 3.63) is 0 Å². The largest absolute Gasteiger partial charge is 0.397 e. The van der Waals surface area contributed by atoms with E-state index in [0.29, 0.717) is 0 Å². The van der Waals surface area contributed by atoms with Crippen molar-refractivity contribution in [1.82, 2.24) is 0 Å². The summed E-state index contributed by atoms with van der Waals surface area (Å²) in [5, 5.41) is 7.57. The molecule has 0 aromatic heterocycles. The molecule has 5 nitrogen and oxygen atoms in total. The molecule has 0 heterocycles. The van der Waals surface area contributed by atoms with E-state index in [9.17, 15) is 8.42 Å². The SMILES string of the molecule is CCO.CCOS(=O)(=O)O. The van der Waals surface area contributed by atoms with Crippen molar-refractivity contribution in [2.24, 2.45) is 0 Å². The summed E-state index contributed by atoms with van der Waals surface area (Å²) in [6.07, 6.45) is 0. The van der Waals surface area contributed by atoms with Crippen molar-refractivity contribution in [3.63, 3.8) is 0 Å².